The normalized spacial score (nSPS) is 13.4. The van der Waals surface area contributed by atoms with E-state index in [0.717, 1.165) is 17.1 Å². The largest absolute Gasteiger partial charge is 0.497 e. The molecule has 6 nitrogen and oxygen atoms in total. The molecule has 4 rings (SSSR count). The van der Waals surface area contributed by atoms with Gasteiger partial charge in [0.05, 0.1) is 25.9 Å². The third kappa shape index (κ3) is 3.43. The minimum atomic E-state index is -0.317. The van der Waals surface area contributed by atoms with Crippen molar-refractivity contribution in [1.29, 1.82) is 0 Å². The summed E-state index contributed by atoms with van der Waals surface area (Å²) in [4.78, 5) is 16.6. The number of hydrogen-bond donors (Lipinski definition) is 0. The standard InChI is InChI=1S/C21H21FN4O2/c1-24(17-7-9-19(28-2)10-8-17)14-16-13-20-21(27)25(11-12-26(20)23-16)18-5-3-15(22)4-6-18/h3-10,13H,11-12,14H2,1-2H3. The summed E-state index contributed by atoms with van der Waals surface area (Å²) in [7, 11) is 3.62. The Balaban J connectivity index is 1.51. The maximum absolute atomic E-state index is 13.2. The van der Waals surface area contributed by atoms with Gasteiger partial charge in [-0.2, -0.15) is 5.10 Å². The highest BCUT2D eigenvalue weighted by molar-refractivity contribution is 6.05. The lowest BCUT2D eigenvalue weighted by molar-refractivity contribution is 0.0962. The molecular weight excluding hydrogens is 359 g/mol. The van der Waals surface area contributed by atoms with E-state index in [4.69, 9.17) is 4.74 Å². The molecule has 0 saturated carbocycles. The zero-order valence-electron chi connectivity index (χ0n) is 15.8. The molecule has 144 valence electrons. The fraction of sp³-hybridized carbons (Fsp3) is 0.238. The van der Waals surface area contributed by atoms with Gasteiger partial charge in [-0.15, -0.1) is 0 Å². The average Bonchev–Trinajstić information content (AvgIpc) is 3.13. The highest BCUT2D eigenvalue weighted by atomic mass is 19.1. The Morgan fingerprint density at radius 1 is 1.11 bits per heavy atom. The van der Waals surface area contributed by atoms with E-state index in [0.29, 0.717) is 31.0 Å². The molecule has 0 spiro atoms. The predicted octanol–water partition coefficient (Wildman–Crippen LogP) is 3.33. The Morgan fingerprint density at radius 2 is 1.82 bits per heavy atom. The van der Waals surface area contributed by atoms with Crippen molar-refractivity contribution < 1.29 is 13.9 Å². The number of carbonyl (C=O) groups excluding carboxylic acids is 1. The summed E-state index contributed by atoms with van der Waals surface area (Å²) in [6.07, 6.45) is 0. The molecule has 3 aromatic rings. The smallest absolute Gasteiger partial charge is 0.276 e. The Hall–Kier alpha value is -3.35. The molecule has 0 saturated heterocycles. The van der Waals surface area contributed by atoms with Crippen molar-refractivity contribution in [2.24, 2.45) is 0 Å². The van der Waals surface area contributed by atoms with Gasteiger partial charge in [0.15, 0.2) is 0 Å². The highest BCUT2D eigenvalue weighted by Crippen LogP contribution is 2.23. The third-order valence-corrected chi connectivity index (χ3v) is 4.88. The van der Waals surface area contributed by atoms with Crippen LogP contribution in [0.15, 0.2) is 54.6 Å². The number of rotatable bonds is 5. The molecule has 1 aliphatic rings. The molecule has 1 aromatic heterocycles. The van der Waals surface area contributed by atoms with E-state index in [1.807, 2.05) is 37.4 Å². The van der Waals surface area contributed by atoms with Crippen molar-refractivity contribution in [2.75, 3.05) is 30.5 Å². The second-order valence-corrected chi connectivity index (χ2v) is 6.73. The van der Waals surface area contributed by atoms with E-state index in [2.05, 4.69) is 10.00 Å². The molecule has 1 aliphatic heterocycles. The molecule has 0 unspecified atom stereocenters. The van der Waals surface area contributed by atoms with Gasteiger partial charge in [0.25, 0.3) is 5.91 Å². The van der Waals surface area contributed by atoms with Crippen LogP contribution >= 0.6 is 0 Å². The molecular formula is C21H21FN4O2. The fourth-order valence-electron chi connectivity index (χ4n) is 3.36. The maximum Gasteiger partial charge on any atom is 0.276 e. The number of nitrogens with zero attached hydrogens (tertiary/aromatic N) is 4. The first-order chi connectivity index (χ1) is 13.5. The summed E-state index contributed by atoms with van der Waals surface area (Å²) in [6.45, 7) is 1.69. The topological polar surface area (TPSA) is 50.6 Å². The van der Waals surface area contributed by atoms with Crippen LogP contribution in [0.25, 0.3) is 0 Å². The van der Waals surface area contributed by atoms with E-state index >= 15 is 0 Å². The Bertz CT molecular complexity index is 983. The van der Waals surface area contributed by atoms with Crippen molar-refractivity contribution >= 4 is 17.3 Å². The maximum atomic E-state index is 13.2. The molecule has 2 heterocycles. The van der Waals surface area contributed by atoms with Crippen molar-refractivity contribution in [3.63, 3.8) is 0 Å². The number of methoxy groups -OCH3 is 1. The van der Waals surface area contributed by atoms with Crippen molar-refractivity contribution in [1.82, 2.24) is 9.78 Å². The minimum Gasteiger partial charge on any atom is -0.497 e. The second kappa shape index (κ2) is 7.34. The number of hydrogen-bond acceptors (Lipinski definition) is 4. The Morgan fingerprint density at radius 3 is 2.50 bits per heavy atom. The lowest BCUT2D eigenvalue weighted by Crippen LogP contribution is -2.40. The van der Waals surface area contributed by atoms with Gasteiger partial charge >= 0.3 is 0 Å². The number of halogens is 1. The molecule has 0 atom stereocenters. The SMILES string of the molecule is COc1ccc(N(C)Cc2cc3n(n2)CCN(c2ccc(F)cc2)C3=O)cc1. The van der Waals surface area contributed by atoms with E-state index in [-0.39, 0.29) is 11.7 Å². The predicted molar refractivity (Wildman–Crippen MR) is 105 cm³/mol. The number of amides is 1. The number of anilines is 2. The zero-order valence-corrected chi connectivity index (χ0v) is 15.8. The molecule has 7 heteroatoms. The number of carbonyl (C=O) groups is 1. The zero-order chi connectivity index (χ0) is 19.7. The number of ether oxygens (including phenoxy) is 1. The third-order valence-electron chi connectivity index (χ3n) is 4.88. The highest BCUT2D eigenvalue weighted by Gasteiger charge is 2.27. The van der Waals surface area contributed by atoms with Crippen LogP contribution in [0.3, 0.4) is 0 Å². The van der Waals surface area contributed by atoms with Gasteiger partial charge in [0.1, 0.15) is 17.3 Å². The molecule has 0 bridgehead atoms. The minimum absolute atomic E-state index is 0.122. The molecule has 0 N–H and O–H groups in total. The summed E-state index contributed by atoms with van der Waals surface area (Å²) in [5, 5.41) is 4.59. The lowest BCUT2D eigenvalue weighted by atomic mass is 10.2. The van der Waals surface area contributed by atoms with Gasteiger partial charge in [0, 0.05) is 25.0 Å². The summed E-state index contributed by atoms with van der Waals surface area (Å²) in [5.74, 6) is 0.368. The van der Waals surface area contributed by atoms with Crippen molar-refractivity contribution in [2.45, 2.75) is 13.1 Å². The van der Waals surface area contributed by atoms with Crippen LogP contribution < -0.4 is 14.5 Å². The summed E-state index contributed by atoms with van der Waals surface area (Å²) < 4.78 is 20.1. The van der Waals surface area contributed by atoms with Gasteiger partial charge in [-0.05, 0) is 54.6 Å². The molecule has 1 amide bonds. The first kappa shape index (κ1) is 18.0. The van der Waals surface area contributed by atoms with Crippen LogP contribution in [0.5, 0.6) is 5.75 Å². The van der Waals surface area contributed by atoms with Crippen LogP contribution in [0, 0.1) is 5.82 Å². The van der Waals surface area contributed by atoms with Gasteiger partial charge in [0.2, 0.25) is 0 Å². The van der Waals surface area contributed by atoms with Crippen LogP contribution in [0.1, 0.15) is 16.2 Å². The second-order valence-electron chi connectivity index (χ2n) is 6.73. The Kier molecular flexibility index (Phi) is 4.73. The van der Waals surface area contributed by atoms with Crippen LogP contribution in [-0.2, 0) is 13.1 Å². The van der Waals surface area contributed by atoms with Gasteiger partial charge < -0.3 is 14.5 Å². The first-order valence-corrected chi connectivity index (χ1v) is 9.04. The van der Waals surface area contributed by atoms with Gasteiger partial charge in [-0.25, -0.2) is 4.39 Å². The van der Waals surface area contributed by atoms with Crippen LogP contribution in [-0.4, -0.2) is 36.4 Å². The van der Waals surface area contributed by atoms with Gasteiger partial charge in [-0.1, -0.05) is 0 Å². The summed E-state index contributed by atoms with van der Waals surface area (Å²) in [6, 6.07) is 15.6. The van der Waals surface area contributed by atoms with Crippen LogP contribution in [0.2, 0.25) is 0 Å². The summed E-state index contributed by atoms with van der Waals surface area (Å²) >= 11 is 0. The van der Waals surface area contributed by atoms with Crippen molar-refractivity contribution in [3.05, 3.63) is 71.8 Å². The van der Waals surface area contributed by atoms with Crippen molar-refractivity contribution in [3.8, 4) is 5.75 Å². The molecule has 28 heavy (non-hydrogen) atoms. The number of benzene rings is 2. The van der Waals surface area contributed by atoms with Gasteiger partial charge in [-0.3, -0.25) is 9.48 Å². The molecule has 0 fully saturated rings. The molecule has 0 aliphatic carbocycles. The molecule has 2 aromatic carbocycles. The van der Waals surface area contributed by atoms with E-state index < -0.39 is 0 Å². The van der Waals surface area contributed by atoms with E-state index in [1.165, 1.54) is 12.1 Å². The monoisotopic (exact) mass is 380 g/mol. The fourth-order valence-corrected chi connectivity index (χ4v) is 3.36. The number of aromatic nitrogens is 2. The van der Waals surface area contributed by atoms with Crippen LogP contribution in [0.4, 0.5) is 15.8 Å². The average molecular weight is 380 g/mol. The summed E-state index contributed by atoms with van der Waals surface area (Å²) in [5.41, 5.74) is 3.10. The number of fused-ring (bicyclic) bond motifs is 1. The quantitative estimate of drug-likeness (QED) is 0.681. The van der Waals surface area contributed by atoms with E-state index in [9.17, 15) is 9.18 Å². The Labute approximate surface area is 162 Å². The van der Waals surface area contributed by atoms with E-state index in [1.54, 1.807) is 28.8 Å². The lowest BCUT2D eigenvalue weighted by Gasteiger charge is -2.27. The first-order valence-electron chi connectivity index (χ1n) is 9.04. The molecule has 0 radical (unpaired) electrons.